The van der Waals surface area contributed by atoms with Crippen molar-refractivity contribution in [2.24, 2.45) is 0 Å². The fourth-order valence-electron chi connectivity index (χ4n) is 2.13. The zero-order valence-corrected chi connectivity index (χ0v) is 10.7. The lowest BCUT2D eigenvalue weighted by Gasteiger charge is -1.99. The second-order valence-electron chi connectivity index (χ2n) is 4.53. The number of rotatable bonds is 3. The van der Waals surface area contributed by atoms with Crippen molar-refractivity contribution in [2.75, 3.05) is 0 Å². The second-order valence-corrected chi connectivity index (χ2v) is 4.53. The van der Waals surface area contributed by atoms with E-state index in [9.17, 15) is 4.79 Å². The van der Waals surface area contributed by atoms with E-state index in [0.717, 1.165) is 17.4 Å². The molecule has 0 radical (unpaired) electrons. The predicted molar refractivity (Wildman–Crippen MR) is 75.5 cm³/mol. The lowest BCUT2D eigenvalue weighted by molar-refractivity contribution is 0.101. The molecule has 1 aromatic heterocycles. The molecule has 0 fully saturated rings. The van der Waals surface area contributed by atoms with Gasteiger partial charge in [-0.2, -0.15) is 0 Å². The van der Waals surface area contributed by atoms with Crippen molar-refractivity contribution >= 4 is 16.8 Å². The molecular weight excluding hydrogens is 236 g/mol. The topological polar surface area (TPSA) is 30.2 Å². The summed E-state index contributed by atoms with van der Waals surface area (Å²) in [6.45, 7) is 2.09. The summed E-state index contributed by atoms with van der Waals surface area (Å²) in [4.78, 5) is 12.3. The van der Waals surface area contributed by atoms with Gasteiger partial charge in [0, 0.05) is 10.9 Å². The molecule has 0 saturated carbocycles. The van der Waals surface area contributed by atoms with E-state index in [-0.39, 0.29) is 5.78 Å². The molecule has 2 nitrogen and oxygen atoms in total. The van der Waals surface area contributed by atoms with E-state index in [2.05, 4.69) is 6.92 Å². The minimum absolute atomic E-state index is 0.0705. The van der Waals surface area contributed by atoms with Crippen LogP contribution in [0.25, 0.3) is 11.0 Å². The molecule has 0 aliphatic rings. The summed E-state index contributed by atoms with van der Waals surface area (Å²) in [5.74, 6) is 0.323. The summed E-state index contributed by atoms with van der Waals surface area (Å²) in [5.41, 5.74) is 2.63. The van der Waals surface area contributed by atoms with Gasteiger partial charge in [0.1, 0.15) is 5.58 Å². The Morgan fingerprint density at radius 3 is 2.47 bits per heavy atom. The van der Waals surface area contributed by atoms with Gasteiger partial charge in [0.05, 0.1) is 0 Å². The minimum Gasteiger partial charge on any atom is -0.453 e. The van der Waals surface area contributed by atoms with Crippen LogP contribution >= 0.6 is 0 Å². The summed E-state index contributed by atoms with van der Waals surface area (Å²) in [7, 11) is 0. The van der Waals surface area contributed by atoms with Crippen LogP contribution in [0.3, 0.4) is 0 Å². The van der Waals surface area contributed by atoms with Gasteiger partial charge < -0.3 is 4.42 Å². The quantitative estimate of drug-likeness (QED) is 0.651. The Morgan fingerprint density at radius 2 is 1.79 bits per heavy atom. The molecule has 19 heavy (non-hydrogen) atoms. The molecule has 1 heterocycles. The van der Waals surface area contributed by atoms with Crippen LogP contribution in [0.5, 0.6) is 0 Å². The van der Waals surface area contributed by atoms with E-state index >= 15 is 0 Å². The molecule has 2 heteroatoms. The van der Waals surface area contributed by atoms with E-state index in [0.29, 0.717) is 11.3 Å². The number of aryl methyl sites for hydroxylation is 1. The predicted octanol–water partition coefficient (Wildman–Crippen LogP) is 4.23. The maximum atomic E-state index is 12.3. The highest BCUT2D eigenvalue weighted by Crippen LogP contribution is 2.21. The van der Waals surface area contributed by atoms with Gasteiger partial charge in [-0.25, -0.2) is 0 Å². The molecule has 0 atom stereocenters. The maximum absolute atomic E-state index is 12.3. The highest BCUT2D eigenvalue weighted by molar-refractivity contribution is 6.08. The first kappa shape index (κ1) is 11.7. The Balaban J connectivity index is 1.98. The van der Waals surface area contributed by atoms with E-state index < -0.39 is 0 Å². The summed E-state index contributed by atoms with van der Waals surface area (Å²) >= 11 is 0. The third-order valence-electron chi connectivity index (χ3n) is 3.27. The third-order valence-corrected chi connectivity index (χ3v) is 3.27. The first-order valence-electron chi connectivity index (χ1n) is 6.40. The average molecular weight is 250 g/mol. The molecule has 0 aliphatic carbocycles. The van der Waals surface area contributed by atoms with Crippen LogP contribution in [0.4, 0.5) is 0 Å². The number of carbonyl (C=O) groups is 1. The van der Waals surface area contributed by atoms with Gasteiger partial charge in [0.15, 0.2) is 5.76 Å². The molecule has 2 aromatic carbocycles. The Morgan fingerprint density at radius 1 is 1.05 bits per heavy atom. The average Bonchev–Trinajstić information content (AvgIpc) is 2.90. The molecule has 3 aromatic rings. The molecule has 0 saturated heterocycles. The van der Waals surface area contributed by atoms with Crippen LogP contribution in [-0.2, 0) is 6.42 Å². The van der Waals surface area contributed by atoms with Gasteiger partial charge in [-0.05, 0) is 24.1 Å². The highest BCUT2D eigenvalue weighted by atomic mass is 16.3. The lowest BCUT2D eigenvalue weighted by atomic mass is 10.1. The van der Waals surface area contributed by atoms with Crippen molar-refractivity contribution in [1.82, 2.24) is 0 Å². The second kappa shape index (κ2) is 4.73. The molecular formula is C17H14O2. The van der Waals surface area contributed by atoms with Crippen LogP contribution < -0.4 is 0 Å². The number of fused-ring (bicyclic) bond motifs is 1. The molecule has 0 aliphatic heterocycles. The van der Waals surface area contributed by atoms with Crippen LogP contribution in [0.1, 0.15) is 28.6 Å². The number of carbonyl (C=O) groups excluding carboxylic acids is 1. The summed E-state index contributed by atoms with van der Waals surface area (Å²) in [6, 6.07) is 17.1. The normalized spacial score (nSPS) is 10.8. The number of hydrogen-bond acceptors (Lipinski definition) is 2. The van der Waals surface area contributed by atoms with Gasteiger partial charge in [0.25, 0.3) is 0 Å². The van der Waals surface area contributed by atoms with E-state index in [1.165, 1.54) is 5.56 Å². The zero-order chi connectivity index (χ0) is 13.2. The Kier molecular flexibility index (Phi) is 2.92. The fraction of sp³-hybridized carbons (Fsp3) is 0.118. The molecule has 94 valence electrons. The molecule has 0 amide bonds. The van der Waals surface area contributed by atoms with Gasteiger partial charge in [0.2, 0.25) is 5.78 Å². The van der Waals surface area contributed by atoms with Crippen molar-refractivity contribution in [3.63, 3.8) is 0 Å². The fourth-order valence-corrected chi connectivity index (χ4v) is 2.13. The van der Waals surface area contributed by atoms with Crippen molar-refractivity contribution in [3.8, 4) is 0 Å². The van der Waals surface area contributed by atoms with E-state index in [1.807, 2.05) is 48.5 Å². The van der Waals surface area contributed by atoms with E-state index in [1.54, 1.807) is 6.07 Å². The maximum Gasteiger partial charge on any atom is 0.228 e. The van der Waals surface area contributed by atoms with Crippen LogP contribution in [0.2, 0.25) is 0 Å². The number of para-hydroxylation sites is 1. The zero-order valence-electron chi connectivity index (χ0n) is 10.7. The molecule has 0 spiro atoms. The van der Waals surface area contributed by atoms with E-state index in [4.69, 9.17) is 4.42 Å². The number of hydrogen-bond donors (Lipinski definition) is 0. The van der Waals surface area contributed by atoms with Gasteiger partial charge in [-0.1, -0.05) is 49.4 Å². The van der Waals surface area contributed by atoms with Crippen molar-refractivity contribution in [3.05, 3.63) is 71.5 Å². The molecule has 0 unspecified atom stereocenters. The smallest absolute Gasteiger partial charge is 0.228 e. The minimum atomic E-state index is -0.0705. The van der Waals surface area contributed by atoms with Crippen LogP contribution in [-0.4, -0.2) is 5.78 Å². The molecule has 0 N–H and O–H groups in total. The van der Waals surface area contributed by atoms with Crippen molar-refractivity contribution < 1.29 is 9.21 Å². The lowest BCUT2D eigenvalue weighted by Crippen LogP contribution is -1.99. The van der Waals surface area contributed by atoms with Gasteiger partial charge >= 0.3 is 0 Å². The number of benzene rings is 2. The highest BCUT2D eigenvalue weighted by Gasteiger charge is 2.14. The number of ketones is 1. The summed E-state index contributed by atoms with van der Waals surface area (Å²) in [6.07, 6.45) is 0.971. The van der Waals surface area contributed by atoms with Crippen molar-refractivity contribution in [1.29, 1.82) is 0 Å². The Hall–Kier alpha value is -2.35. The Bertz CT molecular complexity index is 687. The van der Waals surface area contributed by atoms with Crippen LogP contribution in [0, 0.1) is 0 Å². The summed E-state index contributed by atoms with van der Waals surface area (Å²) < 4.78 is 5.59. The standard InChI is InChI=1S/C17H14O2/c1-2-12-7-9-13(10-8-12)17(18)16-11-14-5-3-4-6-15(14)19-16/h3-11H,2H2,1H3. The number of furan rings is 1. The molecule has 3 rings (SSSR count). The van der Waals surface area contributed by atoms with Gasteiger partial charge in [-0.3, -0.25) is 4.79 Å². The molecule has 0 bridgehead atoms. The largest absolute Gasteiger partial charge is 0.453 e. The van der Waals surface area contributed by atoms with Crippen molar-refractivity contribution in [2.45, 2.75) is 13.3 Å². The summed E-state index contributed by atoms with van der Waals surface area (Å²) in [5, 5.41) is 0.955. The Labute approximate surface area is 111 Å². The first-order valence-corrected chi connectivity index (χ1v) is 6.40. The SMILES string of the molecule is CCc1ccc(C(=O)c2cc3ccccc3o2)cc1. The van der Waals surface area contributed by atoms with Gasteiger partial charge in [-0.15, -0.1) is 0 Å². The monoisotopic (exact) mass is 250 g/mol. The first-order chi connectivity index (χ1) is 9.28. The third kappa shape index (κ3) is 2.17. The van der Waals surface area contributed by atoms with Crippen LogP contribution in [0.15, 0.2) is 59.0 Å².